The SMILES string of the molecule is N#Cc1cc(-c2ccnc(Cc3ccc(CCC(=O)c4cnc(N)s4)cc3)n2)ccc1OC1CCOCC1. The van der Waals surface area contributed by atoms with Gasteiger partial charge < -0.3 is 15.2 Å². The van der Waals surface area contributed by atoms with E-state index in [0.29, 0.717) is 59.6 Å². The van der Waals surface area contributed by atoms with Gasteiger partial charge >= 0.3 is 0 Å². The topological polar surface area (TPSA) is 124 Å². The van der Waals surface area contributed by atoms with Crippen LogP contribution in [0.2, 0.25) is 0 Å². The summed E-state index contributed by atoms with van der Waals surface area (Å²) < 4.78 is 11.5. The minimum Gasteiger partial charge on any atom is -0.489 e. The minimum atomic E-state index is 0.0521. The van der Waals surface area contributed by atoms with Gasteiger partial charge in [-0.15, -0.1) is 0 Å². The number of carbonyl (C=O) groups excluding carboxylic acids is 1. The summed E-state index contributed by atoms with van der Waals surface area (Å²) in [5, 5.41) is 10.1. The summed E-state index contributed by atoms with van der Waals surface area (Å²) in [4.78, 5) is 26.0. The molecular weight excluding hydrogens is 498 g/mol. The molecule has 1 aliphatic heterocycles. The number of nitrogens with zero attached hydrogens (tertiary/aromatic N) is 4. The van der Waals surface area contributed by atoms with Gasteiger partial charge in [-0.2, -0.15) is 5.26 Å². The molecule has 38 heavy (non-hydrogen) atoms. The average molecular weight is 526 g/mol. The molecule has 3 heterocycles. The van der Waals surface area contributed by atoms with Crippen molar-refractivity contribution in [1.29, 1.82) is 5.26 Å². The molecule has 2 aromatic heterocycles. The number of nitrogen functional groups attached to an aromatic ring is 1. The van der Waals surface area contributed by atoms with Crippen LogP contribution in [-0.4, -0.2) is 40.1 Å². The normalized spacial score (nSPS) is 13.7. The molecule has 0 unspecified atom stereocenters. The van der Waals surface area contributed by atoms with E-state index >= 15 is 0 Å². The molecular formula is C29H27N5O3S. The summed E-state index contributed by atoms with van der Waals surface area (Å²) in [6.07, 6.45) is 6.62. The fraction of sp³-hybridized carbons (Fsp3) is 0.276. The zero-order valence-electron chi connectivity index (χ0n) is 20.8. The summed E-state index contributed by atoms with van der Waals surface area (Å²) >= 11 is 1.22. The van der Waals surface area contributed by atoms with Gasteiger partial charge in [0, 0.05) is 37.4 Å². The number of nitrogens with two attached hydrogens (primary N) is 1. The van der Waals surface area contributed by atoms with Crippen molar-refractivity contribution in [3.63, 3.8) is 0 Å². The first-order valence-corrected chi connectivity index (χ1v) is 13.3. The Morgan fingerprint density at radius 3 is 2.63 bits per heavy atom. The third kappa shape index (κ3) is 6.40. The number of hydrogen-bond acceptors (Lipinski definition) is 9. The maximum Gasteiger partial charge on any atom is 0.180 e. The highest BCUT2D eigenvalue weighted by atomic mass is 32.1. The molecule has 192 valence electrons. The molecule has 0 atom stereocenters. The number of ketones is 1. The largest absolute Gasteiger partial charge is 0.489 e. The van der Waals surface area contributed by atoms with Crippen molar-refractivity contribution in [3.05, 3.63) is 88.3 Å². The van der Waals surface area contributed by atoms with E-state index in [4.69, 9.17) is 20.2 Å². The third-order valence-corrected chi connectivity index (χ3v) is 7.26. The van der Waals surface area contributed by atoms with Crippen molar-refractivity contribution >= 4 is 22.3 Å². The molecule has 0 aliphatic carbocycles. The van der Waals surface area contributed by atoms with Crippen molar-refractivity contribution in [2.24, 2.45) is 0 Å². The Hall–Kier alpha value is -4.13. The van der Waals surface area contributed by atoms with E-state index in [1.165, 1.54) is 17.5 Å². The van der Waals surface area contributed by atoms with Crippen LogP contribution < -0.4 is 10.5 Å². The van der Waals surface area contributed by atoms with Crippen LogP contribution in [0.4, 0.5) is 5.13 Å². The lowest BCUT2D eigenvalue weighted by molar-refractivity contribution is 0.0254. The van der Waals surface area contributed by atoms with Gasteiger partial charge in [0.25, 0.3) is 0 Å². The fourth-order valence-corrected chi connectivity index (χ4v) is 4.95. The van der Waals surface area contributed by atoms with Crippen LogP contribution in [0.1, 0.15) is 51.4 Å². The summed E-state index contributed by atoms with van der Waals surface area (Å²) in [7, 11) is 0. The molecule has 4 aromatic rings. The quantitative estimate of drug-likeness (QED) is 0.302. The van der Waals surface area contributed by atoms with Gasteiger partial charge in [0.15, 0.2) is 10.9 Å². The van der Waals surface area contributed by atoms with E-state index in [9.17, 15) is 10.1 Å². The number of hydrogen-bond donors (Lipinski definition) is 1. The van der Waals surface area contributed by atoms with Gasteiger partial charge in [0.2, 0.25) is 0 Å². The number of benzene rings is 2. The van der Waals surface area contributed by atoms with Crippen LogP contribution in [0.15, 0.2) is 60.9 Å². The number of aromatic nitrogens is 3. The van der Waals surface area contributed by atoms with Crippen LogP contribution in [0.5, 0.6) is 5.75 Å². The number of Topliss-reactive ketones (excluding diaryl/α,β-unsaturated/α-hetero) is 1. The number of aryl methyl sites for hydroxylation is 1. The second kappa shape index (κ2) is 11.9. The van der Waals surface area contributed by atoms with Crippen molar-refractivity contribution in [2.75, 3.05) is 18.9 Å². The molecule has 1 saturated heterocycles. The van der Waals surface area contributed by atoms with Gasteiger partial charge in [-0.05, 0) is 41.8 Å². The van der Waals surface area contributed by atoms with E-state index in [1.807, 2.05) is 48.5 Å². The molecule has 5 rings (SSSR count). The molecule has 8 nitrogen and oxygen atoms in total. The molecule has 0 amide bonds. The summed E-state index contributed by atoms with van der Waals surface area (Å²) in [5.74, 6) is 1.33. The zero-order chi connectivity index (χ0) is 26.3. The Kier molecular flexibility index (Phi) is 8.02. The Bertz CT molecular complexity index is 1460. The highest BCUT2D eigenvalue weighted by Crippen LogP contribution is 2.28. The van der Waals surface area contributed by atoms with Crippen LogP contribution in [-0.2, 0) is 17.6 Å². The predicted octanol–water partition coefficient (Wildman–Crippen LogP) is 5.02. The minimum absolute atomic E-state index is 0.0521. The first-order valence-electron chi connectivity index (χ1n) is 12.5. The Labute approximate surface area is 225 Å². The van der Waals surface area contributed by atoms with E-state index in [2.05, 4.69) is 16.0 Å². The van der Waals surface area contributed by atoms with Crippen LogP contribution in [0, 0.1) is 11.3 Å². The number of ether oxygens (including phenoxy) is 2. The maximum atomic E-state index is 12.3. The van der Waals surface area contributed by atoms with Gasteiger partial charge in [-0.3, -0.25) is 4.79 Å². The standard InChI is InChI=1S/C29H27N5O3S/c30-17-22-16-21(6-8-26(22)37-23-10-13-36-14-11-23)24-9-12-32-28(34-24)15-20-3-1-19(2-4-20)5-7-25(35)27-18-33-29(31)38-27/h1-4,6,8-9,12,16,18,23H,5,7,10-11,13-15H2,(H2,31,33). The lowest BCUT2D eigenvalue weighted by atomic mass is 10.0. The predicted molar refractivity (Wildman–Crippen MR) is 145 cm³/mol. The van der Waals surface area contributed by atoms with Crippen LogP contribution in [0.3, 0.4) is 0 Å². The Morgan fingerprint density at radius 1 is 1.11 bits per heavy atom. The highest BCUT2D eigenvalue weighted by molar-refractivity contribution is 7.17. The Morgan fingerprint density at radius 2 is 1.89 bits per heavy atom. The molecule has 0 radical (unpaired) electrons. The fourth-order valence-electron chi connectivity index (χ4n) is 4.30. The van der Waals surface area contributed by atoms with Gasteiger partial charge in [-0.1, -0.05) is 35.6 Å². The molecule has 2 N–H and O–H groups in total. The molecule has 1 fully saturated rings. The maximum absolute atomic E-state index is 12.3. The lowest BCUT2D eigenvalue weighted by Crippen LogP contribution is -2.26. The van der Waals surface area contributed by atoms with Crippen molar-refractivity contribution in [3.8, 4) is 23.1 Å². The zero-order valence-corrected chi connectivity index (χ0v) is 21.6. The lowest BCUT2D eigenvalue weighted by Gasteiger charge is -2.23. The molecule has 0 saturated carbocycles. The first-order chi connectivity index (χ1) is 18.6. The van der Waals surface area contributed by atoms with Crippen LogP contribution >= 0.6 is 11.3 Å². The smallest absolute Gasteiger partial charge is 0.180 e. The molecule has 9 heteroatoms. The molecule has 2 aromatic carbocycles. The number of anilines is 1. The summed E-state index contributed by atoms with van der Waals surface area (Å²) in [5.41, 5.74) is 9.86. The monoisotopic (exact) mass is 525 g/mol. The number of nitriles is 1. The average Bonchev–Trinajstić information content (AvgIpc) is 3.40. The number of thiazole rings is 1. The van der Waals surface area contributed by atoms with E-state index in [-0.39, 0.29) is 11.9 Å². The third-order valence-electron chi connectivity index (χ3n) is 6.39. The van der Waals surface area contributed by atoms with Gasteiger partial charge in [0.1, 0.15) is 23.7 Å². The summed E-state index contributed by atoms with van der Waals surface area (Å²) in [6, 6.07) is 17.8. The van der Waals surface area contributed by atoms with Crippen molar-refractivity contribution in [1.82, 2.24) is 15.0 Å². The summed E-state index contributed by atoms with van der Waals surface area (Å²) in [6.45, 7) is 1.36. The molecule has 0 spiro atoms. The highest BCUT2D eigenvalue weighted by Gasteiger charge is 2.18. The van der Waals surface area contributed by atoms with Crippen LogP contribution in [0.25, 0.3) is 11.3 Å². The number of rotatable bonds is 9. The number of carbonyl (C=O) groups is 1. The van der Waals surface area contributed by atoms with E-state index in [1.54, 1.807) is 6.20 Å². The van der Waals surface area contributed by atoms with Crippen molar-refractivity contribution < 1.29 is 14.3 Å². The van der Waals surface area contributed by atoms with E-state index < -0.39 is 0 Å². The van der Waals surface area contributed by atoms with Crippen molar-refractivity contribution in [2.45, 2.75) is 38.2 Å². The molecule has 0 bridgehead atoms. The molecule has 1 aliphatic rings. The second-order valence-electron chi connectivity index (χ2n) is 9.09. The van der Waals surface area contributed by atoms with Gasteiger partial charge in [0.05, 0.1) is 35.5 Å². The first kappa shape index (κ1) is 25.5. The second-order valence-corrected chi connectivity index (χ2v) is 10.2. The van der Waals surface area contributed by atoms with Gasteiger partial charge in [-0.25, -0.2) is 15.0 Å². The van der Waals surface area contributed by atoms with E-state index in [0.717, 1.165) is 35.2 Å². The Balaban J connectivity index is 1.22.